The lowest BCUT2D eigenvalue weighted by molar-refractivity contribution is -0.134. The van der Waals surface area contributed by atoms with E-state index in [0.717, 1.165) is 0 Å². The zero-order valence-electron chi connectivity index (χ0n) is 28.0. The van der Waals surface area contributed by atoms with Crippen LogP contribution in [-0.2, 0) is 16.5 Å². The molecule has 0 saturated carbocycles. The molecule has 0 atom stereocenters. The molecular weight excluding hydrogens is 921 g/mol. The molecule has 1 rings (SSSR count). The van der Waals surface area contributed by atoms with Crippen LogP contribution in [0.25, 0.3) is 0 Å². The maximum absolute atomic E-state index is 13.6. The molecule has 32 heteroatoms. The van der Waals surface area contributed by atoms with Gasteiger partial charge in [-0.05, 0) is 48.4 Å². The Labute approximate surface area is 305 Å². The van der Waals surface area contributed by atoms with Crippen LogP contribution in [0.2, 0.25) is 48.4 Å². The molecule has 336 valence electrons. The van der Waals surface area contributed by atoms with Gasteiger partial charge in [0.05, 0.1) is 0 Å². The first-order chi connectivity index (χ1) is 24.5. The van der Waals surface area contributed by atoms with E-state index in [-0.39, 0.29) is 0 Å². The molecular formula is C24H32F24O4Si4. The predicted molar refractivity (Wildman–Crippen MR) is 151 cm³/mol. The quantitative estimate of drug-likeness (QED) is 0.114. The number of hydrogen-bond donors (Lipinski definition) is 0. The van der Waals surface area contributed by atoms with Crippen LogP contribution in [0.1, 0.15) is 51.4 Å². The highest BCUT2D eigenvalue weighted by Crippen LogP contribution is 2.50. The zero-order valence-corrected chi connectivity index (χ0v) is 32.0. The molecule has 56 heavy (non-hydrogen) atoms. The minimum atomic E-state index is -6.28. The molecule has 1 aliphatic rings. The second-order valence-electron chi connectivity index (χ2n) is 13.0. The van der Waals surface area contributed by atoms with Crippen LogP contribution in [0, 0.1) is 0 Å². The maximum Gasteiger partial charge on any atom is 0.389 e. The summed E-state index contributed by atoms with van der Waals surface area (Å²) >= 11 is 0. The summed E-state index contributed by atoms with van der Waals surface area (Å²) < 4.78 is 349. The van der Waals surface area contributed by atoms with Crippen LogP contribution in [0.15, 0.2) is 0 Å². The number of halogens is 24. The predicted octanol–water partition coefficient (Wildman–Crippen LogP) is 13.5. The Morgan fingerprint density at radius 2 is 0.286 bits per heavy atom. The molecule has 0 aromatic rings. The van der Waals surface area contributed by atoms with Crippen molar-refractivity contribution in [2.75, 3.05) is 0 Å². The number of rotatable bonds is 16. The van der Waals surface area contributed by atoms with Gasteiger partial charge in [0, 0.05) is 51.4 Å². The van der Waals surface area contributed by atoms with Crippen molar-refractivity contribution in [3.05, 3.63) is 0 Å². The fourth-order valence-corrected chi connectivity index (χ4v) is 31.3. The van der Waals surface area contributed by atoms with Crippen molar-refractivity contribution < 1.29 is 122 Å². The van der Waals surface area contributed by atoms with Crippen LogP contribution in [0.5, 0.6) is 0 Å². The Bertz CT molecular complexity index is 933. The van der Waals surface area contributed by atoms with Gasteiger partial charge in [-0.25, -0.2) is 0 Å². The lowest BCUT2D eigenvalue weighted by Gasteiger charge is -2.54. The Hall–Kier alpha value is -0.972. The fraction of sp³-hybridized carbons (Fsp3) is 1.00. The van der Waals surface area contributed by atoms with Crippen LogP contribution < -0.4 is 0 Å². The summed E-state index contributed by atoms with van der Waals surface area (Å²) in [6.45, 7) is 0. The van der Waals surface area contributed by atoms with Crippen molar-refractivity contribution in [1.29, 1.82) is 0 Å². The molecule has 0 N–H and O–H groups in total. The summed E-state index contributed by atoms with van der Waals surface area (Å²) in [5.41, 5.74) is 0. The third-order valence-electron chi connectivity index (χ3n) is 7.80. The minimum Gasteiger partial charge on any atom is -0.415 e. The van der Waals surface area contributed by atoms with Gasteiger partial charge >= 0.3 is 83.7 Å². The van der Waals surface area contributed by atoms with Gasteiger partial charge in [-0.3, -0.25) is 0 Å². The molecule has 0 amide bonds. The van der Waals surface area contributed by atoms with Gasteiger partial charge in [0.1, 0.15) is 0 Å². The first kappa shape index (κ1) is 53.0. The topological polar surface area (TPSA) is 36.9 Å². The normalized spacial score (nSPS) is 20.1. The minimum absolute atomic E-state index is 2.08. The molecule has 0 aromatic heterocycles. The SMILES string of the molecule is FC(F)(F)CC[Si]1(CCC(F)(F)F)O[Si](CCC(F)(F)F)(CCC(F)(F)F)O[Si](CCC(F)(F)F)(CCC(F)(F)F)O[Si](CCC(F)(F)F)(CCC(F)(F)F)O1. The number of hydrogen-bond acceptors (Lipinski definition) is 4. The Morgan fingerprint density at radius 3 is 0.357 bits per heavy atom. The lowest BCUT2D eigenvalue weighted by Crippen LogP contribution is -2.71. The van der Waals surface area contributed by atoms with E-state index < -0.39 is 183 Å². The highest BCUT2D eigenvalue weighted by Gasteiger charge is 2.65. The maximum atomic E-state index is 13.6. The Balaban J connectivity index is 4.58. The molecule has 0 aliphatic carbocycles. The van der Waals surface area contributed by atoms with E-state index in [1.54, 1.807) is 0 Å². The molecule has 0 unspecified atom stereocenters. The van der Waals surface area contributed by atoms with Gasteiger partial charge in [0.2, 0.25) is 0 Å². The van der Waals surface area contributed by atoms with Gasteiger partial charge in [-0.1, -0.05) is 0 Å². The van der Waals surface area contributed by atoms with Gasteiger partial charge in [-0.15, -0.1) is 0 Å². The van der Waals surface area contributed by atoms with Gasteiger partial charge < -0.3 is 16.5 Å². The van der Waals surface area contributed by atoms with E-state index in [4.69, 9.17) is 16.5 Å². The van der Waals surface area contributed by atoms with Crippen LogP contribution in [0.3, 0.4) is 0 Å². The monoisotopic (exact) mass is 952 g/mol. The lowest BCUT2D eigenvalue weighted by atomic mass is 10.5. The van der Waals surface area contributed by atoms with Crippen molar-refractivity contribution in [1.82, 2.24) is 0 Å². The van der Waals surface area contributed by atoms with E-state index >= 15 is 0 Å². The van der Waals surface area contributed by atoms with Crippen molar-refractivity contribution in [3.8, 4) is 0 Å². The summed E-state index contributed by atoms with van der Waals surface area (Å²) in [4.78, 5) is 0. The van der Waals surface area contributed by atoms with Crippen molar-refractivity contribution >= 4 is 34.2 Å². The van der Waals surface area contributed by atoms with Gasteiger partial charge in [0.15, 0.2) is 0 Å². The van der Waals surface area contributed by atoms with Crippen LogP contribution >= 0.6 is 0 Å². The van der Waals surface area contributed by atoms with E-state index in [1.165, 1.54) is 0 Å². The van der Waals surface area contributed by atoms with Crippen LogP contribution in [-0.4, -0.2) is 83.7 Å². The summed E-state index contributed by atoms with van der Waals surface area (Å²) in [5.74, 6) is 0. The molecule has 0 aromatic carbocycles. The second-order valence-corrected chi connectivity index (χ2v) is 27.5. The summed E-state index contributed by atoms with van der Waals surface area (Å²) in [6, 6.07) is -16.7. The smallest absolute Gasteiger partial charge is 0.389 e. The van der Waals surface area contributed by atoms with Crippen molar-refractivity contribution in [2.45, 2.75) is 149 Å². The fourth-order valence-electron chi connectivity index (χ4n) is 5.41. The largest absolute Gasteiger partial charge is 0.415 e. The second kappa shape index (κ2) is 18.3. The van der Waals surface area contributed by atoms with Gasteiger partial charge in [0.25, 0.3) is 0 Å². The molecule has 1 aliphatic heterocycles. The van der Waals surface area contributed by atoms with Gasteiger partial charge in [-0.2, -0.15) is 105 Å². The summed E-state index contributed by atoms with van der Waals surface area (Å²) in [6.07, 6.45) is -64.2. The standard InChI is InChI=1S/C24H32F24O4Si4/c25-17(26,27)1-9-53(10-2-18(28,29)30)49-54(11-3-19(31,32)33,12-4-20(34,35)36)51-56(15-7-23(43,44)45,16-8-24(46,47)48)52-55(50-53,13-5-21(37,38)39)14-6-22(40,41)42/h1-16H2. The molecule has 4 nitrogen and oxygen atoms in total. The highest BCUT2D eigenvalue weighted by atomic mass is 28.5. The van der Waals surface area contributed by atoms with E-state index in [2.05, 4.69) is 0 Å². The third-order valence-corrected chi connectivity index (χ3v) is 27.8. The molecule has 1 fully saturated rings. The number of alkyl halides is 24. The average Bonchev–Trinajstić information content (AvgIpc) is 2.93. The molecule has 1 saturated heterocycles. The molecule has 0 radical (unpaired) electrons. The van der Waals surface area contributed by atoms with Crippen molar-refractivity contribution in [2.24, 2.45) is 0 Å². The third kappa shape index (κ3) is 23.0. The summed E-state index contributed by atoms with van der Waals surface area (Å²) in [7, 11) is -25.1. The highest BCUT2D eigenvalue weighted by molar-refractivity contribution is 6.95. The Morgan fingerprint density at radius 1 is 0.196 bits per heavy atom. The van der Waals surface area contributed by atoms with Crippen LogP contribution in [0.4, 0.5) is 105 Å². The first-order valence-corrected chi connectivity index (χ1v) is 24.7. The Kier molecular flexibility index (Phi) is 17.4. The summed E-state index contributed by atoms with van der Waals surface area (Å²) in [5, 5.41) is 0. The van der Waals surface area contributed by atoms with E-state index in [9.17, 15) is 105 Å². The molecule has 0 spiro atoms. The zero-order chi connectivity index (χ0) is 44.1. The average molecular weight is 953 g/mol. The van der Waals surface area contributed by atoms with E-state index in [1.807, 2.05) is 0 Å². The van der Waals surface area contributed by atoms with Crippen molar-refractivity contribution in [3.63, 3.8) is 0 Å². The first-order valence-electron chi connectivity index (χ1n) is 15.8. The van der Waals surface area contributed by atoms with E-state index in [0.29, 0.717) is 0 Å². The molecule has 1 heterocycles. The molecule has 0 bridgehead atoms.